The molecule has 0 saturated carbocycles. The average molecular weight is 133 g/mol. The Hall–Kier alpha value is -1.29. The third-order valence-electron chi connectivity index (χ3n) is 0.910. The van der Waals surface area contributed by atoms with Crippen molar-refractivity contribution in [3.8, 4) is 6.07 Å². The van der Waals surface area contributed by atoms with Gasteiger partial charge in [-0.25, -0.2) is 0 Å². The molecular formula is C9H11N. The van der Waals surface area contributed by atoms with E-state index in [1.54, 1.807) is 0 Å². The van der Waals surface area contributed by atoms with Crippen molar-refractivity contribution < 1.29 is 0 Å². The van der Waals surface area contributed by atoms with Gasteiger partial charge in [-0.3, -0.25) is 0 Å². The summed E-state index contributed by atoms with van der Waals surface area (Å²) in [4.78, 5) is 0. The second-order valence-electron chi connectivity index (χ2n) is 2.17. The molecule has 0 aromatic rings. The topological polar surface area (TPSA) is 23.8 Å². The van der Waals surface area contributed by atoms with Gasteiger partial charge in [0.25, 0.3) is 0 Å². The van der Waals surface area contributed by atoms with Gasteiger partial charge in [-0.05, 0) is 12.5 Å². The molecule has 0 atom stereocenters. The van der Waals surface area contributed by atoms with Crippen molar-refractivity contribution in [3.05, 3.63) is 36.5 Å². The first-order chi connectivity index (χ1) is 4.66. The molecule has 0 bridgehead atoms. The summed E-state index contributed by atoms with van der Waals surface area (Å²) in [5.41, 5.74) is 1.80. The normalized spacial score (nSPS) is 9.20. The number of nitrogens with zero attached hydrogens (tertiary/aromatic N) is 1. The van der Waals surface area contributed by atoms with Gasteiger partial charge in [0.15, 0.2) is 0 Å². The Morgan fingerprint density at radius 1 is 1.50 bits per heavy atom. The van der Waals surface area contributed by atoms with E-state index in [9.17, 15) is 0 Å². The average Bonchev–Trinajstić information content (AvgIpc) is 1.85. The Morgan fingerprint density at radius 3 is 2.50 bits per heavy atom. The third kappa shape index (κ3) is 4.86. The lowest BCUT2D eigenvalue weighted by atomic mass is 10.2. The molecule has 0 aliphatic heterocycles. The quantitative estimate of drug-likeness (QED) is 0.543. The fourth-order valence-electron chi connectivity index (χ4n) is 0.421. The van der Waals surface area contributed by atoms with Gasteiger partial charge in [0, 0.05) is 0 Å². The van der Waals surface area contributed by atoms with Crippen LogP contribution in [0.1, 0.15) is 13.3 Å². The van der Waals surface area contributed by atoms with Gasteiger partial charge in [-0.15, -0.1) is 0 Å². The van der Waals surface area contributed by atoms with Crippen molar-refractivity contribution in [1.82, 2.24) is 0 Å². The predicted molar refractivity (Wildman–Crippen MR) is 43.3 cm³/mol. The molecule has 0 radical (unpaired) electrons. The summed E-state index contributed by atoms with van der Waals surface area (Å²) in [7, 11) is 0. The van der Waals surface area contributed by atoms with Gasteiger partial charge in [0.2, 0.25) is 0 Å². The SMILES string of the molecule is C=C(C)/C=C\C(=C)CC#N. The lowest BCUT2D eigenvalue weighted by Gasteiger charge is -1.88. The number of rotatable bonds is 3. The molecule has 1 heteroatoms. The summed E-state index contributed by atoms with van der Waals surface area (Å²) in [6.07, 6.45) is 4.05. The van der Waals surface area contributed by atoms with E-state index in [1.807, 2.05) is 25.1 Å². The van der Waals surface area contributed by atoms with Crippen LogP contribution in [-0.2, 0) is 0 Å². The molecule has 10 heavy (non-hydrogen) atoms. The molecule has 0 spiro atoms. The highest BCUT2D eigenvalue weighted by Crippen LogP contribution is 2.00. The largest absolute Gasteiger partial charge is 0.198 e. The Balaban J connectivity index is 3.81. The van der Waals surface area contributed by atoms with E-state index in [0.717, 1.165) is 11.1 Å². The predicted octanol–water partition coefficient (Wildman–Crippen LogP) is 2.59. The second-order valence-corrected chi connectivity index (χ2v) is 2.17. The maximum atomic E-state index is 8.23. The zero-order valence-electron chi connectivity index (χ0n) is 6.22. The van der Waals surface area contributed by atoms with Crippen LogP contribution < -0.4 is 0 Å². The fraction of sp³-hybridized carbons (Fsp3) is 0.222. The van der Waals surface area contributed by atoms with Crippen LogP contribution in [0, 0.1) is 11.3 Å². The Morgan fingerprint density at radius 2 is 2.10 bits per heavy atom. The van der Waals surface area contributed by atoms with E-state index in [1.165, 1.54) is 0 Å². The number of nitriles is 1. The monoisotopic (exact) mass is 133 g/mol. The molecule has 0 unspecified atom stereocenters. The highest BCUT2D eigenvalue weighted by Gasteiger charge is 1.83. The summed E-state index contributed by atoms with van der Waals surface area (Å²) < 4.78 is 0. The molecule has 0 aliphatic rings. The highest BCUT2D eigenvalue weighted by atomic mass is 14.2. The Labute approximate surface area is 62.0 Å². The summed E-state index contributed by atoms with van der Waals surface area (Å²) >= 11 is 0. The zero-order chi connectivity index (χ0) is 7.98. The van der Waals surface area contributed by atoms with E-state index in [4.69, 9.17) is 5.26 Å². The van der Waals surface area contributed by atoms with Crippen LogP contribution >= 0.6 is 0 Å². The highest BCUT2D eigenvalue weighted by molar-refractivity contribution is 5.24. The summed E-state index contributed by atoms with van der Waals surface area (Å²) in [5.74, 6) is 0. The van der Waals surface area contributed by atoms with E-state index < -0.39 is 0 Å². The summed E-state index contributed by atoms with van der Waals surface area (Å²) in [6, 6.07) is 2.01. The smallest absolute Gasteiger partial charge is 0.0669 e. The van der Waals surface area contributed by atoms with Crippen LogP contribution in [0.25, 0.3) is 0 Å². The van der Waals surface area contributed by atoms with E-state index in [-0.39, 0.29) is 0 Å². The molecule has 1 nitrogen and oxygen atoms in total. The summed E-state index contributed by atoms with van der Waals surface area (Å²) in [6.45, 7) is 9.24. The van der Waals surface area contributed by atoms with E-state index in [0.29, 0.717) is 6.42 Å². The van der Waals surface area contributed by atoms with Gasteiger partial charge in [0.1, 0.15) is 0 Å². The van der Waals surface area contributed by atoms with Crippen LogP contribution in [-0.4, -0.2) is 0 Å². The molecule has 0 N–H and O–H groups in total. The standard InChI is InChI=1S/C9H11N/c1-8(2)4-5-9(3)6-7-10/h4-5H,1,3,6H2,2H3/b5-4-. The van der Waals surface area contributed by atoms with Crippen LogP contribution in [0.3, 0.4) is 0 Å². The molecular weight excluding hydrogens is 122 g/mol. The Kier molecular flexibility index (Phi) is 3.99. The third-order valence-corrected chi connectivity index (χ3v) is 0.910. The molecule has 0 rings (SSSR count). The minimum Gasteiger partial charge on any atom is -0.198 e. The fourth-order valence-corrected chi connectivity index (χ4v) is 0.421. The van der Waals surface area contributed by atoms with Gasteiger partial charge in [-0.2, -0.15) is 5.26 Å². The first-order valence-corrected chi connectivity index (χ1v) is 3.05. The van der Waals surface area contributed by atoms with Crippen molar-refractivity contribution in [2.75, 3.05) is 0 Å². The second kappa shape index (κ2) is 4.58. The van der Waals surface area contributed by atoms with Gasteiger partial charge >= 0.3 is 0 Å². The van der Waals surface area contributed by atoms with Crippen molar-refractivity contribution in [2.24, 2.45) is 0 Å². The first kappa shape index (κ1) is 8.71. The molecule has 0 saturated heterocycles. The Bertz CT molecular complexity index is 203. The number of hydrogen-bond donors (Lipinski definition) is 0. The van der Waals surface area contributed by atoms with Gasteiger partial charge in [-0.1, -0.05) is 30.9 Å². The minimum atomic E-state index is 0.393. The minimum absolute atomic E-state index is 0.393. The van der Waals surface area contributed by atoms with Crippen LogP contribution in [0.5, 0.6) is 0 Å². The lowest BCUT2D eigenvalue weighted by molar-refractivity contribution is 1.28. The molecule has 0 aliphatic carbocycles. The molecule has 0 aromatic carbocycles. The van der Waals surface area contributed by atoms with Crippen LogP contribution in [0.4, 0.5) is 0 Å². The van der Waals surface area contributed by atoms with Crippen molar-refractivity contribution in [3.63, 3.8) is 0 Å². The van der Waals surface area contributed by atoms with E-state index >= 15 is 0 Å². The molecule has 0 fully saturated rings. The van der Waals surface area contributed by atoms with E-state index in [2.05, 4.69) is 13.2 Å². The number of hydrogen-bond acceptors (Lipinski definition) is 1. The first-order valence-electron chi connectivity index (χ1n) is 3.05. The van der Waals surface area contributed by atoms with Crippen LogP contribution in [0.15, 0.2) is 36.5 Å². The zero-order valence-corrected chi connectivity index (χ0v) is 6.22. The van der Waals surface area contributed by atoms with Crippen LogP contribution in [0.2, 0.25) is 0 Å². The molecule has 0 aromatic heterocycles. The number of allylic oxidation sites excluding steroid dienone is 4. The van der Waals surface area contributed by atoms with Crippen molar-refractivity contribution in [2.45, 2.75) is 13.3 Å². The molecule has 52 valence electrons. The molecule has 0 heterocycles. The summed E-state index contributed by atoms with van der Waals surface area (Å²) in [5, 5.41) is 8.23. The lowest BCUT2D eigenvalue weighted by Crippen LogP contribution is -1.71. The van der Waals surface area contributed by atoms with Crippen molar-refractivity contribution >= 4 is 0 Å². The maximum Gasteiger partial charge on any atom is 0.0669 e. The van der Waals surface area contributed by atoms with Gasteiger partial charge in [0.05, 0.1) is 12.5 Å². The van der Waals surface area contributed by atoms with Crippen molar-refractivity contribution in [1.29, 1.82) is 5.26 Å². The molecule has 0 amide bonds. The van der Waals surface area contributed by atoms with Gasteiger partial charge < -0.3 is 0 Å². The maximum absolute atomic E-state index is 8.23.